The molecule has 0 atom stereocenters. The van der Waals surface area contributed by atoms with Crippen LogP contribution in [0.3, 0.4) is 0 Å². The first kappa shape index (κ1) is 16.8. The van der Waals surface area contributed by atoms with Crippen LogP contribution < -0.4 is 10.4 Å². The van der Waals surface area contributed by atoms with E-state index in [0.717, 1.165) is 0 Å². The summed E-state index contributed by atoms with van der Waals surface area (Å²) in [5.74, 6) is 1.43. The van der Waals surface area contributed by atoms with E-state index in [1.54, 1.807) is 20.8 Å². The topological polar surface area (TPSA) is 66.6 Å². The minimum absolute atomic E-state index is 0. The predicted molar refractivity (Wildman–Crippen MR) is 52.5 cm³/mol. The molecule has 1 heterocycles. The summed E-state index contributed by atoms with van der Waals surface area (Å²) in [6.45, 7) is 4.80. The zero-order chi connectivity index (χ0) is 11.2. The molecule has 0 amide bonds. The van der Waals surface area contributed by atoms with Crippen molar-refractivity contribution in [3.05, 3.63) is 17.6 Å². The Bertz CT molecular complexity index is 302. The fourth-order valence-corrected chi connectivity index (χ4v) is 0.357. The van der Waals surface area contributed by atoms with Crippen molar-refractivity contribution in [1.82, 2.24) is 5.32 Å². The van der Waals surface area contributed by atoms with Crippen LogP contribution in [0, 0.1) is 5.41 Å². The number of hydrogen-bond donors (Lipinski definition) is 0. The van der Waals surface area contributed by atoms with Crippen LogP contribution >= 0.6 is 11.6 Å². The summed E-state index contributed by atoms with van der Waals surface area (Å²) in [6, 6.07) is 0. The average Bonchev–Trinajstić information content (AvgIpc) is 2.04. The second kappa shape index (κ2) is 7.64. The van der Waals surface area contributed by atoms with E-state index < -0.39 is 11.4 Å². The molecule has 1 radical (unpaired) electrons. The average molecular weight is 280 g/mol. The number of halogens is 1. The molecule has 15 heavy (non-hydrogen) atoms. The first-order valence-corrected chi connectivity index (χ1v) is 4.27. The van der Waals surface area contributed by atoms with Crippen molar-refractivity contribution in [2.45, 2.75) is 20.8 Å². The van der Waals surface area contributed by atoms with Gasteiger partial charge in [0.25, 0.3) is 0 Å². The number of nitrogens with zero attached hydrogens (tertiary/aromatic N) is 2. The SMILES string of the molecule is CC(C)(C)C(=O)[O-].ClC1=C=NC=C[N]1.[Zn]. The summed E-state index contributed by atoms with van der Waals surface area (Å²) in [6.07, 6.45) is 3.03. The van der Waals surface area contributed by atoms with E-state index in [1.807, 2.05) is 0 Å². The molecule has 0 aromatic heterocycles. The molecule has 0 unspecified atom stereocenters. The third kappa shape index (κ3) is 9.67. The van der Waals surface area contributed by atoms with Gasteiger partial charge in [0.05, 0.1) is 6.20 Å². The van der Waals surface area contributed by atoms with E-state index >= 15 is 0 Å². The van der Waals surface area contributed by atoms with Crippen molar-refractivity contribution in [1.29, 1.82) is 0 Å². The van der Waals surface area contributed by atoms with E-state index in [1.165, 1.54) is 12.4 Å². The van der Waals surface area contributed by atoms with Crippen LogP contribution in [0.25, 0.3) is 0 Å². The molecular formula is C9H11ClN2O2Zn-. The van der Waals surface area contributed by atoms with Crippen molar-refractivity contribution in [3.63, 3.8) is 0 Å². The van der Waals surface area contributed by atoms with Crippen molar-refractivity contribution in [3.8, 4) is 0 Å². The van der Waals surface area contributed by atoms with Crippen LogP contribution in [0.1, 0.15) is 20.8 Å². The first-order valence-electron chi connectivity index (χ1n) is 3.89. The number of carbonyl (C=O) groups excluding carboxylic acids is 1. The standard InChI is InChI=1S/C5H10O2.C4H2ClN2.Zn/c1-5(2,3)4(6)7;5-4-3-6-1-2-7-4;/h1-3H3,(H,6,7);1-2H;/p-1. The number of carboxylic acids is 1. The van der Waals surface area contributed by atoms with Gasteiger partial charge in [0, 0.05) is 42.9 Å². The molecule has 0 bridgehead atoms. The van der Waals surface area contributed by atoms with Crippen LogP contribution in [-0.4, -0.2) is 11.8 Å². The molecule has 0 aromatic rings. The van der Waals surface area contributed by atoms with E-state index in [2.05, 4.69) is 16.2 Å². The fraction of sp³-hybridized carbons (Fsp3) is 0.444. The molecule has 0 aromatic carbocycles. The number of rotatable bonds is 0. The van der Waals surface area contributed by atoms with Crippen LogP contribution in [0.15, 0.2) is 22.5 Å². The van der Waals surface area contributed by atoms with Gasteiger partial charge in [-0.15, -0.1) is 0 Å². The molecule has 0 saturated heterocycles. The van der Waals surface area contributed by atoms with Crippen molar-refractivity contribution in [2.75, 3.05) is 0 Å². The van der Waals surface area contributed by atoms with E-state index in [9.17, 15) is 9.90 Å². The predicted octanol–water partition coefficient (Wildman–Crippen LogP) is 0.605. The van der Waals surface area contributed by atoms with Crippen LogP contribution in [0.2, 0.25) is 0 Å². The molecule has 0 saturated carbocycles. The summed E-state index contributed by atoms with van der Waals surface area (Å²) < 4.78 is 0. The smallest absolute Gasteiger partial charge is 0.191 e. The maximum atomic E-state index is 9.91. The van der Waals surface area contributed by atoms with Gasteiger partial charge in [0.1, 0.15) is 0 Å². The molecule has 0 aliphatic carbocycles. The van der Waals surface area contributed by atoms with Gasteiger partial charge < -0.3 is 9.90 Å². The summed E-state index contributed by atoms with van der Waals surface area (Å²) in [5.41, 5.74) is -0.694. The Labute approximate surface area is 107 Å². The van der Waals surface area contributed by atoms with Gasteiger partial charge in [-0.3, -0.25) is 0 Å². The number of aliphatic carboxylic acids is 1. The molecule has 4 nitrogen and oxygen atoms in total. The maximum Gasteiger partial charge on any atom is 0.191 e. The van der Waals surface area contributed by atoms with Gasteiger partial charge >= 0.3 is 0 Å². The molecule has 0 fully saturated rings. The van der Waals surface area contributed by atoms with Crippen LogP contribution in [0.4, 0.5) is 0 Å². The molecule has 0 spiro atoms. The van der Waals surface area contributed by atoms with E-state index in [4.69, 9.17) is 11.6 Å². The van der Waals surface area contributed by atoms with Crippen LogP contribution in [-0.2, 0) is 24.3 Å². The Morgan fingerprint density at radius 1 is 1.47 bits per heavy atom. The number of carbonyl (C=O) groups is 1. The Morgan fingerprint density at radius 2 is 1.93 bits per heavy atom. The molecule has 6 heteroatoms. The summed E-state index contributed by atoms with van der Waals surface area (Å²) >= 11 is 5.31. The molecule has 79 valence electrons. The van der Waals surface area contributed by atoms with Gasteiger partial charge in [0.2, 0.25) is 0 Å². The maximum absolute atomic E-state index is 9.91. The molecule has 0 N–H and O–H groups in total. The quantitative estimate of drug-likeness (QED) is 0.482. The normalized spacial score (nSPS) is 12.7. The number of hydrogen-bond acceptors (Lipinski definition) is 3. The van der Waals surface area contributed by atoms with E-state index in [0.29, 0.717) is 5.16 Å². The molecular weight excluding hydrogens is 269 g/mol. The Kier molecular flexibility index (Phi) is 8.55. The molecule has 1 aliphatic rings. The van der Waals surface area contributed by atoms with Gasteiger partial charge in [-0.2, -0.15) is 0 Å². The third-order valence-electron chi connectivity index (χ3n) is 1.10. The Hall–Kier alpha value is -0.627. The van der Waals surface area contributed by atoms with E-state index in [-0.39, 0.29) is 19.5 Å². The third-order valence-corrected chi connectivity index (χ3v) is 1.28. The van der Waals surface area contributed by atoms with Crippen molar-refractivity contribution >= 4 is 23.4 Å². The molecule has 1 aliphatic heterocycles. The summed E-state index contributed by atoms with van der Waals surface area (Å²) in [4.78, 5) is 13.5. The fourth-order valence-electron chi connectivity index (χ4n) is 0.252. The molecule has 1 rings (SSSR count). The second-order valence-corrected chi connectivity index (χ2v) is 3.85. The zero-order valence-corrected chi connectivity index (χ0v) is 12.7. The number of aliphatic imine (C=N–C) groups is 1. The Morgan fingerprint density at radius 3 is 2.07 bits per heavy atom. The van der Waals surface area contributed by atoms with Gasteiger partial charge in [-0.1, -0.05) is 32.4 Å². The first-order chi connectivity index (χ1) is 6.34. The monoisotopic (exact) mass is 278 g/mol. The Balaban J connectivity index is 0. The number of carboxylic acid groups (broad SMARTS) is 1. The van der Waals surface area contributed by atoms with Crippen LogP contribution in [0.5, 0.6) is 0 Å². The summed E-state index contributed by atoms with van der Waals surface area (Å²) in [7, 11) is 0. The van der Waals surface area contributed by atoms with Gasteiger partial charge in [-0.25, -0.2) is 10.3 Å². The minimum Gasteiger partial charge on any atom is -0.550 e. The van der Waals surface area contributed by atoms with Crippen molar-refractivity contribution < 1.29 is 29.4 Å². The second-order valence-electron chi connectivity index (χ2n) is 3.50. The van der Waals surface area contributed by atoms with Crippen molar-refractivity contribution in [2.24, 2.45) is 10.4 Å². The summed E-state index contributed by atoms with van der Waals surface area (Å²) in [5, 5.41) is 13.8. The van der Waals surface area contributed by atoms with Gasteiger partial charge in [-0.05, 0) is 0 Å². The largest absolute Gasteiger partial charge is 0.550 e. The minimum atomic E-state index is -1.01. The zero-order valence-electron chi connectivity index (χ0n) is 8.95. The van der Waals surface area contributed by atoms with Gasteiger partial charge in [0.15, 0.2) is 5.16 Å².